The van der Waals surface area contributed by atoms with E-state index in [4.69, 9.17) is 9.15 Å². The van der Waals surface area contributed by atoms with Gasteiger partial charge >= 0.3 is 0 Å². The highest BCUT2D eigenvalue weighted by Crippen LogP contribution is 2.29. The smallest absolute Gasteiger partial charge is 0.134 e. The highest BCUT2D eigenvalue weighted by molar-refractivity contribution is 9.10. The molecule has 1 unspecified atom stereocenters. The van der Waals surface area contributed by atoms with Gasteiger partial charge in [-0.05, 0) is 62.9 Å². The Hall–Kier alpha value is -0.840. The molecule has 0 spiro atoms. The number of halogens is 1. The second-order valence-corrected chi connectivity index (χ2v) is 6.79. The van der Waals surface area contributed by atoms with Crippen molar-refractivity contribution in [2.45, 2.75) is 32.2 Å². The number of nitrogens with one attached hydrogen (secondary N) is 1. The molecule has 1 aromatic carbocycles. The van der Waals surface area contributed by atoms with Crippen LogP contribution in [0.25, 0.3) is 11.0 Å². The minimum atomic E-state index is 0.222. The standard InChI is InChI=1S/C17H22BrNO2/c1-12(19-7-2-8-20-11-13-3-4-13)17-10-14-9-15(18)5-6-16(14)21-17/h5-6,9-10,12-13,19H,2-4,7-8,11H2,1H3. The van der Waals surface area contributed by atoms with Crippen LogP contribution in [0.2, 0.25) is 0 Å². The molecular formula is C17H22BrNO2. The van der Waals surface area contributed by atoms with Crippen molar-refractivity contribution >= 4 is 26.9 Å². The number of ether oxygens (including phenoxy) is 1. The third kappa shape index (κ3) is 4.31. The van der Waals surface area contributed by atoms with E-state index in [1.54, 1.807) is 0 Å². The molecule has 0 radical (unpaired) electrons. The van der Waals surface area contributed by atoms with Gasteiger partial charge < -0.3 is 14.5 Å². The molecule has 1 atom stereocenters. The van der Waals surface area contributed by atoms with Crippen LogP contribution in [0.1, 0.15) is 38.0 Å². The van der Waals surface area contributed by atoms with Crippen LogP contribution in [-0.4, -0.2) is 19.8 Å². The summed E-state index contributed by atoms with van der Waals surface area (Å²) in [4.78, 5) is 0. The largest absolute Gasteiger partial charge is 0.459 e. The first-order valence-corrected chi connectivity index (χ1v) is 8.52. The van der Waals surface area contributed by atoms with Crippen LogP contribution in [0.4, 0.5) is 0 Å². The van der Waals surface area contributed by atoms with Crippen molar-refractivity contribution in [2.24, 2.45) is 5.92 Å². The molecule has 3 nitrogen and oxygen atoms in total. The lowest BCUT2D eigenvalue weighted by atomic mass is 10.2. The zero-order chi connectivity index (χ0) is 14.7. The quantitative estimate of drug-likeness (QED) is 0.702. The van der Waals surface area contributed by atoms with Crippen molar-refractivity contribution < 1.29 is 9.15 Å². The van der Waals surface area contributed by atoms with Gasteiger partial charge in [0.2, 0.25) is 0 Å². The fourth-order valence-electron chi connectivity index (χ4n) is 2.38. The number of rotatable bonds is 8. The Morgan fingerprint density at radius 2 is 2.24 bits per heavy atom. The van der Waals surface area contributed by atoms with E-state index in [0.29, 0.717) is 0 Å². The molecule has 1 heterocycles. The molecule has 1 aliphatic carbocycles. The van der Waals surface area contributed by atoms with Crippen LogP contribution in [0.5, 0.6) is 0 Å². The normalized spacial score (nSPS) is 16.5. The predicted octanol–water partition coefficient (Wildman–Crippen LogP) is 4.66. The van der Waals surface area contributed by atoms with Crippen molar-refractivity contribution in [3.63, 3.8) is 0 Å². The summed E-state index contributed by atoms with van der Waals surface area (Å²) >= 11 is 3.49. The Bertz CT molecular complexity index is 591. The second-order valence-electron chi connectivity index (χ2n) is 5.88. The zero-order valence-electron chi connectivity index (χ0n) is 12.4. The minimum Gasteiger partial charge on any atom is -0.459 e. The lowest BCUT2D eigenvalue weighted by Gasteiger charge is -2.11. The fourth-order valence-corrected chi connectivity index (χ4v) is 2.75. The molecule has 0 saturated heterocycles. The number of hydrogen-bond donors (Lipinski definition) is 1. The van der Waals surface area contributed by atoms with Crippen LogP contribution >= 0.6 is 15.9 Å². The molecule has 21 heavy (non-hydrogen) atoms. The van der Waals surface area contributed by atoms with Crippen LogP contribution < -0.4 is 5.32 Å². The first kappa shape index (κ1) is 15.1. The van der Waals surface area contributed by atoms with E-state index < -0.39 is 0 Å². The molecule has 0 amide bonds. The third-order valence-electron chi connectivity index (χ3n) is 3.89. The molecule has 0 bridgehead atoms. The summed E-state index contributed by atoms with van der Waals surface area (Å²) in [6, 6.07) is 8.42. The Labute approximate surface area is 134 Å². The number of benzene rings is 1. The van der Waals surface area contributed by atoms with Crippen LogP contribution in [0.3, 0.4) is 0 Å². The number of fused-ring (bicyclic) bond motifs is 1. The van der Waals surface area contributed by atoms with Crippen LogP contribution in [0, 0.1) is 5.92 Å². The molecule has 1 fully saturated rings. The van der Waals surface area contributed by atoms with Gasteiger partial charge in [-0.15, -0.1) is 0 Å². The Balaban J connectivity index is 1.43. The summed E-state index contributed by atoms with van der Waals surface area (Å²) in [7, 11) is 0. The topological polar surface area (TPSA) is 34.4 Å². The average Bonchev–Trinajstić information content (AvgIpc) is 3.19. The summed E-state index contributed by atoms with van der Waals surface area (Å²) in [6.45, 7) is 4.89. The molecule has 1 N–H and O–H groups in total. The van der Waals surface area contributed by atoms with Crippen molar-refractivity contribution in [1.82, 2.24) is 5.32 Å². The van der Waals surface area contributed by atoms with E-state index in [-0.39, 0.29) is 6.04 Å². The lowest BCUT2D eigenvalue weighted by Crippen LogP contribution is -2.20. The van der Waals surface area contributed by atoms with Crippen LogP contribution in [0.15, 0.2) is 33.2 Å². The Kier molecular flexibility index (Phi) is 4.99. The zero-order valence-corrected chi connectivity index (χ0v) is 14.0. The van der Waals surface area contributed by atoms with E-state index in [1.165, 1.54) is 12.8 Å². The summed E-state index contributed by atoms with van der Waals surface area (Å²) in [6.07, 6.45) is 3.76. The van der Waals surface area contributed by atoms with E-state index in [1.807, 2.05) is 12.1 Å². The molecular weight excluding hydrogens is 330 g/mol. The van der Waals surface area contributed by atoms with Gasteiger partial charge in [0, 0.05) is 23.1 Å². The Morgan fingerprint density at radius 1 is 1.38 bits per heavy atom. The first-order valence-electron chi connectivity index (χ1n) is 7.72. The highest BCUT2D eigenvalue weighted by atomic mass is 79.9. The highest BCUT2D eigenvalue weighted by Gasteiger charge is 2.20. The lowest BCUT2D eigenvalue weighted by molar-refractivity contribution is 0.121. The second kappa shape index (κ2) is 6.95. The maximum Gasteiger partial charge on any atom is 0.134 e. The van der Waals surface area contributed by atoms with Crippen molar-refractivity contribution in [2.75, 3.05) is 19.8 Å². The van der Waals surface area contributed by atoms with E-state index >= 15 is 0 Å². The van der Waals surface area contributed by atoms with Gasteiger partial charge in [-0.25, -0.2) is 0 Å². The molecule has 0 aliphatic heterocycles. The third-order valence-corrected chi connectivity index (χ3v) is 4.38. The summed E-state index contributed by atoms with van der Waals surface area (Å²) in [5.41, 5.74) is 0.939. The summed E-state index contributed by atoms with van der Waals surface area (Å²) in [5.74, 6) is 1.84. The number of hydrogen-bond acceptors (Lipinski definition) is 3. The average molecular weight is 352 g/mol. The van der Waals surface area contributed by atoms with E-state index in [2.05, 4.69) is 40.3 Å². The van der Waals surface area contributed by atoms with Crippen molar-refractivity contribution in [3.8, 4) is 0 Å². The molecule has 114 valence electrons. The maximum atomic E-state index is 5.89. The molecule has 1 aromatic heterocycles. The first-order chi connectivity index (χ1) is 10.2. The summed E-state index contributed by atoms with van der Waals surface area (Å²) in [5, 5.41) is 4.63. The van der Waals surface area contributed by atoms with Gasteiger partial charge in [-0.2, -0.15) is 0 Å². The molecule has 1 saturated carbocycles. The van der Waals surface area contributed by atoms with Crippen molar-refractivity contribution in [3.05, 3.63) is 34.5 Å². The predicted molar refractivity (Wildman–Crippen MR) is 88.5 cm³/mol. The monoisotopic (exact) mass is 351 g/mol. The summed E-state index contributed by atoms with van der Waals surface area (Å²) < 4.78 is 12.6. The van der Waals surface area contributed by atoms with Gasteiger partial charge in [-0.1, -0.05) is 15.9 Å². The van der Waals surface area contributed by atoms with Gasteiger partial charge in [0.1, 0.15) is 11.3 Å². The van der Waals surface area contributed by atoms with Gasteiger partial charge in [0.15, 0.2) is 0 Å². The Morgan fingerprint density at radius 3 is 3.05 bits per heavy atom. The van der Waals surface area contributed by atoms with E-state index in [0.717, 1.165) is 53.3 Å². The SMILES string of the molecule is CC(NCCCOCC1CC1)c1cc2cc(Br)ccc2o1. The minimum absolute atomic E-state index is 0.222. The van der Waals surface area contributed by atoms with Crippen molar-refractivity contribution in [1.29, 1.82) is 0 Å². The van der Waals surface area contributed by atoms with Crippen LogP contribution in [-0.2, 0) is 4.74 Å². The molecule has 1 aliphatic rings. The van der Waals surface area contributed by atoms with Gasteiger partial charge in [0.25, 0.3) is 0 Å². The maximum absolute atomic E-state index is 5.89. The van der Waals surface area contributed by atoms with E-state index in [9.17, 15) is 0 Å². The number of furan rings is 1. The van der Waals surface area contributed by atoms with Gasteiger partial charge in [-0.3, -0.25) is 0 Å². The molecule has 4 heteroatoms. The molecule has 2 aromatic rings. The molecule has 3 rings (SSSR count). The fraction of sp³-hybridized carbons (Fsp3) is 0.529. The van der Waals surface area contributed by atoms with Gasteiger partial charge in [0.05, 0.1) is 6.04 Å².